The van der Waals surface area contributed by atoms with E-state index in [4.69, 9.17) is 21.1 Å². The number of thioether (sulfide) groups is 1. The van der Waals surface area contributed by atoms with Crippen LogP contribution in [0.4, 0.5) is 5.13 Å². The number of aromatic nitrogens is 2. The molecule has 0 bridgehead atoms. The number of amides is 1. The number of phenols is 1. The third kappa shape index (κ3) is 6.83. The number of carbonyl (C=O) groups excluding carboxylic acids is 2. The molecule has 1 fully saturated rings. The number of phenolic OH excluding ortho intramolecular Hbond substituents is 1. The van der Waals surface area contributed by atoms with Gasteiger partial charge in [-0.3, -0.25) is 14.5 Å². The van der Waals surface area contributed by atoms with Gasteiger partial charge in [-0.25, -0.2) is 0 Å². The van der Waals surface area contributed by atoms with E-state index in [1.165, 1.54) is 35.9 Å². The van der Waals surface area contributed by atoms with Crippen LogP contribution in [0.1, 0.15) is 33.9 Å². The van der Waals surface area contributed by atoms with Gasteiger partial charge in [0.15, 0.2) is 15.8 Å². The van der Waals surface area contributed by atoms with Crippen molar-refractivity contribution >= 4 is 57.3 Å². The third-order valence-corrected chi connectivity index (χ3v) is 10.0. The maximum Gasteiger partial charge on any atom is 0.301 e. The second-order valence-electron chi connectivity index (χ2n) is 10.6. The van der Waals surface area contributed by atoms with Gasteiger partial charge >= 0.3 is 5.91 Å². The number of Topliss-reactive ketones (excluding diaryl/α,β-unsaturated/α-hetero) is 1. The highest BCUT2D eigenvalue weighted by Crippen LogP contribution is 2.45. The summed E-state index contributed by atoms with van der Waals surface area (Å²) in [6.45, 7) is 2.38. The molecular weight excluding hydrogens is 658 g/mol. The van der Waals surface area contributed by atoms with Gasteiger partial charge in [0.1, 0.15) is 18.1 Å². The Bertz CT molecular complexity index is 1980. The first kappa shape index (κ1) is 32.1. The van der Waals surface area contributed by atoms with Crippen molar-refractivity contribution in [2.24, 2.45) is 0 Å². The second-order valence-corrected chi connectivity index (χ2v) is 13.2. The van der Waals surface area contributed by atoms with E-state index in [-0.39, 0.29) is 28.0 Å². The number of benzene rings is 4. The summed E-state index contributed by atoms with van der Waals surface area (Å²) < 4.78 is 11.8. The van der Waals surface area contributed by atoms with Crippen molar-refractivity contribution in [1.82, 2.24) is 10.2 Å². The van der Waals surface area contributed by atoms with Gasteiger partial charge in [-0.05, 0) is 77.7 Å². The summed E-state index contributed by atoms with van der Waals surface area (Å²) in [4.78, 5) is 28.5. The van der Waals surface area contributed by atoms with Crippen LogP contribution < -0.4 is 14.4 Å². The molecule has 0 spiro atoms. The van der Waals surface area contributed by atoms with E-state index < -0.39 is 17.7 Å². The summed E-state index contributed by atoms with van der Waals surface area (Å²) in [6, 6.07) is 25.4. The first-order valence-corrected chi connectivity index (χ1v) is 16.6. The molecule has 47 heavy (non-hydrogen) atoms. The third-order valence-electron chi connectivity index (χ3n) is 7.62. The maximum absolute atomic E-state index is 13.6. The lowest BCUT2D eigenvalue weighted by atomic mass is 9.95. The van der Waals surface area contributed by atoms with Crippen molar-refractivity contribution < 1.29 is 29.3 Å². The van der Waals surface area contributed by atoms with Crippen molar-refractivity contribution in [3.63, 3.8) is 0 Å². The number of hydrogen-bond donors (Lipinski definition) is 2. The highest BCUT2D eigenvalue weighted by Gasteiger charge is 2.48. The lowest BCUT2D eigenvalue weighted by molar-refractivity contribution is -0.132. The molecule has 1 unspecified atom stereocenters. The summed E-state index contributed by atoms with van der Waals surface area (Å²) in [6.07, 6.45) is 0. The molecule has 1 amide bonds. The van der Waals surface area contributed by atoms with E-state index in [1.807, 2.05) is 43.3 Å². The zero-order valence-electron chi connectivity index (χ0n) is 25.2. The topological polar surface area (TPSA) is 122 Å². The molecule has 6 rings (SSSR count). The standard InChI is InChI=1S/C35H28ClN3O6S2/c1-20-5-3-4-6-24(20)18-45-26-14-9-22(10-15-26)31(41)29-30(23-11-16-27(40)28(17-23)44-2)39(33(43)32(29)42)34-37-38-35(47-34)46-19-21-7-12-25(36)13-8-21/h3-17,30,40-41H,18-19H2,1-2H3. The normalized spacial score (nSPS) is 15.6. The molecule has 9 nitrogen and oxygen atoms in total. The number of anilines is 1. The van der Waals surface area contributed by atoms with E-state index in [2.05, 4.69) is 10.2 Å². The molecule has 1 aliphatic heterocycles. The molecule has 238 valence electrons. The number of ketones is 1. The van der Waals surface area contributed by atoms with Crippen LogP contribution in [-0.2, 0) is 21.9 Å². The second kappa shape index (κ2) is 13.9. The zero-order chi connectivity index (χ0) is 33.1. The van der Waals surface area contributed by atoms with Crippen molar-refractivity contribution in [3.8, 4) is 17.2 Å². The van der Waals surface area contributed by atoms with Crippen LogP contribution in [0.3, 0.4) is 0 Å². The number of hydrogen-bond acceptors (Lipinski definition) is 10. The fourth-order valence-corrected chi connectivity index (χ4v) is 7.04. The monoisotopic (exact) mass is 685 g/mol. The van der Waals surface area contributed by atoms with Gasteiger partial charge in [0, 0.05) is 16.3 Å². The number of carbonyl (C=O) groups is 2. The molecule has 0 radical (unpaired) electrons. The Balaban J connectivity index is 1.33. The minimum absolute atomic E-state index is 0.119. The van der Waals surface area contributed by atoms with Crippen LogP contribution in [0, 0.1) is 6.92 Å². The Morgan fingerprint density at radius 3 is 2.47 bits per heavy atom. The van der Waals surface area contributed by atoms with Crippen LogP contribution in [0.2, 0.25) is 5.02 Å². The highest BCUT2D eigenvalue weighted by atomic mass is 35.5. The Hall–Kier alpha value is -4.84. The highest BCUT2D eigenvalue weighted by molar-refractivity contribution is 8.00. The molecule has 12 heteroatoms. The van der Waals surface area contributed by atoms with Crippen LogP contribution >= 0.6 is 34.7 Å². The average molecular weight is 686 g/mol. The molecule has 0 saturated carbocycles. The molecule has 1 aromatic heterocycles. The van der Waals surface area contributed by atoms with Crippen molar-refractivity contribution in [1.29, 1.82) is 0 Å². The van der Waals surface area contributed by atoms with Crippen LogP contribution in [0.25, 0.3) is 5.76 Å². The van der Waals surface area contributed by atoms with Crippen molar-refractivity contribution in [2.75, 3.05) is 12.0 Å². The summed E-state index contributed by atoms with van der Waals surface area (Å²) in [5, 5.41) is 31.2. The van der Waals surface area contributed by atoms with Crippen molar-refractivity contribution in [2.45, 2.75) is 29.7 Å². The molecule has 4 aromatic carbocycles. The van der Waals surface area contributed by atoms with E-state index in [0.717, 1.165) is 28.0 Å². The summed E-state index contributed by atoms with van der Waals surface area (Å²) in [5.41, 5.74) is 3.79. The summed E-state index contributed by atoms with van der Waals surface area (Å²) in [5.74, 6) is -0.936. The number of nitrogens with zero attached hydrogens (tertiary/aromatic N) is 3. The SMILES string of the molecule is COc1cc(C2C(=C(O)c3ccc(OCc4ccccc4C)cc3)C(=O)C(=O)N2c2nnc(SCc3ccc(Cl)cc3)s2)ccc1O. The number of aromatic hydroxyl groups is 1. The number of rotatable bonds is 10. The first-order chi connectivity index (χ1) is 22.7. The molecule has 5 aromatic rings. The molecule has 1 saturated heterocycles. The first-order valence-electron chi connectivity index (χ1n) is 14.4. The van der Waals surface area contributed by atoms with Gasteiger partial charge in [-0.15, -0.1) is 10.2 Å². The number of aliphatic hydroxyl groups excluding tert-OH is 1. The van der Waals surface area contributed by atoms with Crippen LogP contribution in [-0.4, -0.2) is 39.2 Å². The van der Waals surface area contributed by atoms with Gasteiger partial charge < -0.3 is 19.7 Å². The molecule has 0 aliphatic carbocycles. The predicted molar refractivity (Wildman–Crippen MR) is 182 cm³/mol. The lowest BCUT2D eigenvalue weighted by Crippen LogP contribution is -2.29. The predicted octanol–water partition coefficient (Wildman–Crippen LogP) is 7.71. The van der Waals surface area contributed by atoms with Gasteiger partial charge in [0.2, 0.25) is 5.13 Å². The Labute approximate surface area is 284 Å². The molecular formula is C35H28ClN3O6S2. The van der Waals surface area contributed by atoms with Gasteiger partial charge in [0.25, 0.3) is 5.78 Å². The minimum Gasteiger partial charge on any atom is -0.507 e. The number of methoxy groups -OCH3 is 1. The minimum atomic E-state index is -1.08. The van der Waals surface area contributed by atoms with Crippen molar-refractivity contribution in [3.05, 3.63) is 129 Å². The quantitative estimate of drug-likeness (QED) is 0.0500. The summed E-state index contributed by atoms with van der Waals surface area (Å²) >= 11 is 8.58. The molecule has 1 atom stereocenters. The fourth-order valence-electron chi connectivity index (χ4n) is 5.09. The number of halogens is 1. The Morgan fingerprint density at radius 1 is 1.00 bits per heavy atom. The molecule has 2 heterocycles. The molecule has 2 N–H and O–H groups in total. The van der Waals surface area contributed by atoms with Gasteiger partial charge in [0.05, 0.1) is 18.7 Å². The van der Waals surface area contributed by atoms with Crippen LogP contribution in [0.15, 0.2) is 101 Å². The van der Waals surface area contributed by atoms with Gasteiger partial charge in [-0.1, -0.05) is 77.2 Å². The number of ether oxygens (including phenoxy) is 2. The van der Waals surface area contributed by atoms with E-state index in [9.17, 15) is 19.8 Å². The fraction of sp³-hybridized carbons (Fsp3) is 0.143. The Morgan fingerprint density at radius 2 is 1.74 bits per heavy atom. The number of aryl methyl sites for hydroxylation is 1. The average Bonchev–Trinajstić information content (AvgIpc) is 3.65. The van der Waals surface area contributed by atoms with Crippen LogP contribution in [0.5, 0.6) is 17.2 Å². The largest absolute Gasteiger partial charge is 0.507 e. The summed E-state index contributed by atoms with van der Waals surface area (Å²) in [7, 11) is 1.40. The molecule has 1 aliphatic rings. The Kier molecular flexibility index (Phi) is 9.48. The van der Waals surface area contributed by atoms with Gasteiger partial charge in [-0.2, -0.15) is 0 Å². The van der Waals surface area contributed by atoms with E-state index in [1.54, 1.807) is 42.5 Å². The maximum atomic E-state index is 13.6. The lowest BCUT2D eigenvalue weighted by Gasteiger charge is -2.23. The zero-order valence-corrected chi connectivity index (χ0v) is 27.6. The number of aliphatic hydroxyl groups is 1. The smallest absolute Gasteiger partial charge is 0.301 e. The van der Waals surface area contributed by atoms with E-state index >= 15 is 0 Å². The van der Waals surface area contributed by atoms with E-state index in [0.29, 0.717) is 38.6 Å².